The average molecular weight is 513 g/mol. The number of likely N-dealkylation sites (N-methyl/N-ethyl adjacent to an activating group) is 1. The van der Waals surface area contributed by atoms with Gasteiger partial charge in [-0.2, -0.15) is 28.5 Å². The van der Waals surface area contributed by atoms with Crippen LogP contribution in [0.1, 0.15) is 22.3 Å². The highest BCUT2D eigenvalue weighted by molar-refractivity contribution is 8.15. The number of nitrogens with zero attached hydrogens (tertiary/aromatic N) is 6. The number of thioether (sulfide) groups is 1. The predicted octanol–water partition coefficient (Wildman–Crippen LogP) is 3.76. The van der Waals surface area contributed by atoms with Crippen LogP contribution in [0.15, 0.2) is 47.6 Å². The van der Waals surface area contributed by atoms with Crippen LogP contribution in [0.5, 0.6) is 0 Å². The summed E-state index contributed by atoms with van der Waals surface area (Å²) in [7, 11) is 2.08. The fourth-order valence-corrected chi connectivity index (χ4v) is 5.61. The molecule has 36 heavy (non-hydrogen) atoms. The molecule has 2 aliphatic rings. The number of rotatable bonds is 4. The third-order valence-corrected chi connectivity index (χ3v) is 7.71. The molecule has 5 rings (SSSR count). The number of piperazine rings is 1. The summed E-state index contributed by atoms with van der Waals surface area (Å²) in [5.41, 5.74) is 0.792. The lowest BCUT2D eigenvalue weighted by atomic mass is 10.0. The van der Waals surface area contributed by atoms with E-state index >= 15 is 0 Å². The largest absolute Gasteiger partial charge is 0.416 e. The van der Waals surface area contributed by atoms with Crippen molar-refractivity contribution in [1.82, 2.24) is 19.6 Å². The number of amidine groups is 1. The molecule has 2 aromatic carbocycles. The Morgan fingerprint density at radius 2 is 1.92 bits per heavy atom. The van der Waals surface area contributed by atoms with Crippen LogP contribution >= 0.6 is 11.8 Å². The van der Waals surface area contributed by atoms with E-state index in [-0.39, 0.29) is 28.8 Å². The lowest BCUT2D eigenvalue weighted by Gasteiger charge is -2.33. The number of halogens is 3. The summed E-state index contributed by atoms with van der Waals surface area (Å²) in [6.07, 6.45) is -2.44. The quantitative estimate of drug-likeness (QED) is 0.530. The molecule has 2 aliphatic heterocycles. The minimum atomic E-state index is -4.57. The number of carbonyl (C=O) groups excluding carboxylic acids is 1. The Labute approximate surface area is 210 Å². The van der Waals surface area contributed by atoms with Gasteiger partial charge in [0.1, 0.15) is 0 Å². The Hall–Kier alpha value is -3.36. The fraction of sp³-hybridized carbons (Fsp3) is 0.360. The van der Waals surface area contributed by atoms with Crippen molar-refractivity contribution < 1.29 is 18.0 Å². The van der Waals surface area contributed by atoms with Gasteiger partial charge in [-0.3, -0.25) is 9.48 Å². The number of amides is 1. The van der Waals surface area contributed by atoms with E-state index in [1.165, 1.54) is 28.6 Å². The summed E-state index contributed by atoms with van der Waals surface area (Å²) in [4.78, 5) is 21.2. The SMILES string of the molecule is CN1CCN(C2=NC(=O)C(Cc3ccc4c(cnn4Cc4ccc(C#N)cc4C(F)(F)F)c3)S2)CC1. The molecule has 186 valence electrons. The van der Waals surface area contributed by atoms with E-state index in [1.807, 2.05) is 18.2 Å². The second-order valence-electron chi connectivity index (χ2n) is 9.01. The first kappa shape index (κ1) is 24.3. The standard InChI is InChI=1S/C25H23F3N6OS/c1-32-6-8-33(9-7-32)24-31-23(35)22(36-24)12-16-3-5-21-19(10-16)14-30-34(21)15-18-4-2-17(13-29)11-20(18)25(26,27)28/h2-5,10-11,14,22H,6-9,12,15H2,1H3. The van der Waals surface area contributed by atoms with Gasteiger partial charge >= 0.3 is 6.18 Å². The molecule has 0 spiro atoms. The molecule has 1 atom stereocenters. The minimum absolute atomic E-state index is 0.0390. The summed E-state index contributed by atoms with van der Waals surface area (Å²) in [6.45, 7) is 3.49. The number of fused-ring (bicyclic) bond motifs is 1. The maximum Gasteiger partial charge on any atom is 0.416 e. The number of hydrogen-bond donors (Lipinski definition) is 0. The maximum absolute atomic E-state index is 13.6. The van der Waals surface area contributed by atoms with E-state index < -0.39 is 11.7 Å². The zero-order valence-corrected chi connectivity index (χ0v) is 20.3. The van der Waals surface area contributed by atoms with Crippen molar-refractivity contribution in [1.29, 1.82) is 5.26 Å². The smallest absolute Gasteiger partial charge is 0.349 e. The van der Waals surface area contributed by atoms with Gasteiger partial charge in [-0.25, -0.2) is 0 Å². The van der Waals surface area contributed by atoms with Crippen molar-refractivity contribution in [3.05, 3.63) is 64.8 Å². The lowest BCUT2D eigenvalue weighted by molar-refractivity contribution is -0.138. The van der Waals surface area contributed by atoms with Crippen LogP contribution in [0.3, 0.4) is 0 Å². The summed E-state index contributed by atoms with van der Waals surface area (Å²) in [6, 6.07) is 10.9. The number of benzene rings is 2. The van der Waals surface area contributed by atoms with Crippen molar-refractivity contribution >= 4 is 33.7 Å². The Morgan fingerprint density at radius 1 is 1.14 bits per heavy atom. The summed E-state index contributed by atoms with van der Waals surface area (Å²) >= 11 is 1.50. The Kier molecular flexibility index (Phi) is 6.49. The van der Waals surface area contributed by atoms with Crippen LogP contribution in [-0.2, 0) is 23.9 Å². The van der Waals surface area contributed by atoms with E-state index in [2.05, 4.69) is 26.9 Å². The molecule has 1 aromatic heterocycles. The molecule has 1 fully saturated rings. The van der Waals surface area contributed by atoms with E-state index in [0.717, 1.165) is 48.4 Å². The van der Waals surface area contributed by atoms with Crippen LogP contribution in [0, 0.1) is 11.3 Å². The van der Waals surface area contributed by atoms with Crippen molar-refractivity contribution in [2.45, 2.75) is 24.4 Å². The van der Waals surface area contributed by atoms with Crippen LogP contribution in [0.4, 0.5) is 13.2 Å². The minimum Gasteiger partial charge on any atom is -0.349 e. The Morgan fingerprint density at radius 3 is 2.64 bits per heavy atom. The van der Waals surface area contributed by atoms with E-state index in [4.69, 9.17) is 5.26 Å². The molecule has 0 N–H and O–H groups in total. The van der Waals surface area contributed by atoms with Gasteiger partial charge in [0.2, 0.25) is 0 Å². The first-order chi connectivity index (χ1) is 17.2. The Balaban J connectivity index is 1.31. The van der Waals surface area contributed by atoms with Gasteiger partial charge in [-0.1, -0.05) is 23.9 Å². The van der Waals surface area contributed by atoms with E-state index in [0.29, 0.717) is 11.9 Å². The second kappa shape index (κ2) is 9.59. The molecule has 1 saturated heterocycles. The maximum atomic E-state index is 13.6. The van der Waals surface area contributed by atoms with Gasteiger partial charge < -0.3 is 9.80 Å². The molecule has 3 aromatic rings. The molecule has 3 heterocycles. The highest BCUT2D eigenvalue weighted by atomic mass is 32.2. The zero-order chi connectivity index (χ0) is 25.4. The van der Waals surface area contributed by atoms with Gasteiger partial charge in [-0.15, -0.1) is 0 Å². The first-order valence-corrected chi connectivity index (χ1v) is 12.4. The van der Waals surface area contributed by atoms with Crippen molar-refractivity contribution in [2.75, 3.05) is 33.2 Å². The normalized spacial score (nSPS) is 19.1. The van der Waals surface area contributed by atoms with Gasteiger partial charge in [0.05, 0.1) is 40.7 Å². The summed E-state index contributed by atoms with van der Waals surface area (Å²) in [5.74, 6) is -0.134. The number of hydrogen-bond acceptors (Lipinski definition) is 6. The van der Waals surface area contributed by atoms with Crippen molar-refractivity contribution in [2.24, 2.45) is 4.99 Å². The van der Waals surface area contributed by atoms with E-state index in [9.17, 15) is 18.0 Å². The molecular weight excluding hydrogens is 489 g/mol. The number of aliphatic imine (C=N–C) groups is 1. The molecule has 0 aliphatic carbocycles. The van der Waals surface area contributed by atoms with Crippen LogP contribution in [0.2, 0.25) is 0 Å². The third-order valence-electron chi connectivity index (χ3n) is 6.49. The number of alkyl halides is 3. The van der Waals surface area contributed by atoms with Gasteiger partial charge in [0.25, 0.3) is 5.91 Å². The third kappa shape index (κ3) is 4.96. The van der Waals surface area contributed by atoms with Crippen molar-refractivity contribution in [3.8, 4) is 6.07 Å². The van der Waals surface area contributed by atoms with Gasteiger partial charge in [-0.05, 0) is 48.9 Å². The Bertz CT molecular complexity index is 1380. The summed E-state index contributed by atoms with van der Waals surface area (Å²) < 4.78 is 42.2. The fourth-order valence-electron chi connectivity index (χ4n) is 4.45. The highest BCUT2D eigenvalue weighted by Gasteiger charge is 2.34. The monoisotopic (exact) mass is 512 g/mol. The number of nitriles is 1. The number of aromatic nitrogens is 2. The molecular formula is C25H23F3N6OS. The first-order valence-electron chi connectivity index (χ1n) is 11.5. The van der Waals surface area contributed by atoms with Crippen LogP contribution in [0.25, 0.3) is 10.9 Å². The molecule has 0 bridgehead atoms. The molecule has 1 unspecified atom stereocenters. The molecule has 0 saturated carbocycles. The van der Waals surface area contributed by atoms with Gasteiger partial charge in [0, 0.05) is 31.6 Å². The van der Waals surface area contributed by atoms with Crippen LogP contribution < -0.4 is 0 Å². The highest BCUT2D eigenvalue weighted by Crippen LogP contribution is 2.34. The van der Waals surface area contributed by atoms with Crippen LogP contribution in [-0.4, -0.2) is 69.1 Å². The summed E-state index contributed by atoms with van der Waals surface area (Å²) in [5, 5.41) is 14.6. The van der Waals surface area contributed by atoms with Crippen molar-refractivity contribution in [3.63, 3.8) is 0 Å². The number of carbonyl (C=O) groups is 1. The topological polar surface area (TPSA) is 77.5 Å². The average Bonchev–Trinajstić information content (AvgIpc) is 3.42. The van der Waals surface area contributed by atoms with Gasteiger partial charge in [0.15, 0.2) is 5.17 Å². The lowest BCUT2D eigenvalue weighted by Crippen LogP contribution is -2.46. The predicted molar refractivity (Wildman–Crippen MR) is 132 cm³/mol. The second-order valence-corrected chi connectivity index (χ2v) is 10.2. The molecule has 1 amide bonds. The molecule has 7 nitrogen and oxygen atoms in total. The zero-order valence-electron chi connectivity index (χ0n) is 19.5. The van der Waals surface area contributed by atoms with E-state index in [1.54, 1.807) is 12.3 Å². The molecule has 11 heteroatoms. The molecule has 0 radical (unpaired) electrons.